The largest absolute Gasteiger partial charge is 0.315 e. The minimum Gasteiger partial charge on any atom is -0.315 e. The lowest BCUT2D eigenvalue weighted by Crippen LogP contribution is -2.60. The first kappa shape index (κ1) is 18.4. The van der Waals surface area contributed by atoms with E-state index in [4.69, 9.17) is 0 Å². The quantitative estimate of drug-likeness (QED) is 0.712. The summed E-state index contributed by atoms with van der Waals surface area (Å²) in [5, 5.41) is 5.60. The maximum absolute atomic E-state index is 13.0. The molecule has 3 fully saturated rings. The Morgan fingerprint density at radius 3 is 2.59 bits per heavy atom. The Morgan fingerprint density at radius 2 is 1.86 bits per heavy atom. The number of carbonyl (C=O) groups is 4. The number of fused-ring (bicyclic) bond motifs is 1. The molecule has 1 aromatic rings. The zero-order chi connectivity index (χ0) is 20.2. The van der Waals surface area contributed by atoms with Crippen LogP contribution in [0.5, 0.6) is 0 Å². The van der Waals surface area contributed by atoms with Crippen LogP contribution in [0.3, 0.4) is 0 Å². The Balaban J connectivity index is 1.34. The Morgan fingerprint density at radius 1 is 1.07 bits per heavy atom. The van der Waals surface area contributed by atoms with Gasteiger partial charge >= 0.3 is 0 Å². The molecule has 0 aliphatic carbocycles. The van der Waals surface area contributed by atoms with Crippen LogP contribution in [0.25, 0.3) is 0 Å². The number of nitrogens with one attached hydrogen (secondary N) is 2. The smallest absolute Gasteiger partial charge is 0.262 e. The fourth-order valence-electron chi connectivity index (χ4n) is 5.09. The van der Waals surface area contributed by atoms with Gasteiger partial charge in [-0.2, -0.15) is 0 Å². The predicted molar refractivity (Wildman–Crippen MR) is 103 cm³/mol. The Bertz CT molecular complexity index is 923. The standard InChI is InChI=1S/C21H24N4O4/c26-17-5-4-16(18(27)23-17)25-19(28)14-3-2-13(8-15(14)20(25)29)9-24-7-1-6-21(12-24)10-22-11-21/h2-3,8,16,22H,1,4-7,9-12H2,(H,23,26,27). The van der Waals surface area contributed by atoms with E-state index < -0.39 is 23.8 Å². The van der Waals surface area contributed by atoms with Gasteiger partial charge in [0, 0.05) is 38.0 Å². The molecule has 1 spiro atoms. The van der Waals surface area contributed by atoms with Gasteiger partial charge in [0.15, 0.2) is 0 Å². The highest BCUT2D eigenvalue weighted by Crippen LogP contribution is 2.34. The zero-order valence-electron chi connectivity index (χ0n) is 16.2. The van der Waals surface area contributed by atoms with Gasteiger partial charge in [0.1, 0.15) is 6.04 Å². The van der Waals surface area contributed by atoms with Crippen LogP contribution in [-0.2, 0) is 16.1 Å². The molecule has 4 aliphatic heterocycles. The third kappa shape index (κ3) is 3.07. The molecule has 29 heavy (non-hydrogen) atoms. The summed E-state index contributed by atoms with van der Waals surface area (Å²) in [6, 6.07) is 4.47. The number of nitrogens with zero attached hydrogens (tertiary/aromatic N) is 2. The summed E-state index contributed by atoms with van der Waals surface area (Å²) in [5.41, 5.74) is 2.08. The fourth-order valence-corrected chi connectivity index (χ4v) is 5.09. The topological polar surface area (TPSA) is 98.8 Å². The zero-order valence-corrected chi connectivity index (χ0v) is 16.2. The Kier molecular flexibility index (Phi) is 4.29. The molecule has 4 amide bonds. The number of carbonyl (C=O) groups excluding carboxylic acids is 4. The van der Waals surface area contributed by atoms with Crippen LogP contribution in [0.4, 0.5) is 0 Å². The molecule has 8 nitrogen and oxygen atoms in total. The van der Waals surface area contributed by atoms with Crippen molar-refractivity contribution in [3.63, 3.8) is 0 Å². The van der Waals surface area contributed by atoms with Gasteiger partial charge in [0.25, 0.3) is 11.8 Å². The van der Waals surface area contributed by atoms with Crippen molar-refractivity contribution in [1.29, 1.82) is 0 Å². The minimum atomic E-state index is -0.920. The highest BCUT2D eigenvalue weighted by Gasteiger charge is 2.45. The van der Waals surface area contributed by atoms with Crippen molar-refractivity contribution in [1.82, 2.24) is 20.4 Å². The van der Waals surface area contributed by atoms with E-state index in [2.05, 4.69) is 15.5 Å². The van der Waals surface area contributed by atoms with Crippen LogP contribution >= 0.6 is 0 Å². The average molecular weight is 396 g/mol. The van der Waals surface area contributed by atoms with Gasteiger partial charge in [-0.3, -0.25) is 34.3 Å². The second-order valence-corrected chi connectivity index (χ2v) is 8.74. The summed E-state index contributed by atoms with van der Waals surface area (Å²) in [5.74, 6) is -1.85. The lowest BCUT2D eigenvalue weighted by atomic mass is 9.75. The second-order valence-electron chi connectivity index (χ2n) is 8.74. The molecular weight excluding hydrogens is 372 g/mol. The van der Waals surface area contributed by atoms with Gasteiger partial charge in [-0.05, 0) is 43.5 Å². The van der Waals surface area contributed by atoms with Crippen molar-refractivity contribution in [2.24, 2.45) is 5.41 Å². The molecule has 4 aliphatic rings. The van der Waals surface area contributed by atoms with Crippen molar-refractivity contribution >= 4 is 23.6 Å². The van der Waals surface area contributed by atoms with Crippen LogP contribution < -0.4 is 10.6 Å². The first-order chi connectivity index (χ1) is 14.0. The van der Waals surface area contributed by atoms with Crippen LogP contribution in [0.1, 0.15) is 52.0 Å². The predicted octanol–water partition coefficient (Wildman–Crippen LogP) is 0.273. The van der Waals surface area contributed by atoms with Crippen molar-refractivity contribution in [3.8, 4) is 0 Å². The number of likely N-dealkylation sites (tertiary alicyclic amines) is 1. The lowest BCUT2D eigenvalue weighted by molar-refractivity contribution is -0.136. The molecule has 2 N–H and O–H groups in total. The number of hydrogen-bond acceptors (Lipinski definition) is 6. The third-order valence-electron chi connectivity index (χ3n) is 6.65. The first-order valence-electron chi connectivity index (χ1n) is 10.2. The molecule has 0 saturated carbocycles. The molecule has 0 radical (unpaired) electrons. The van der Waals surface area contributed by atoms with E-state index in [9.17, 15) is 19.2 Å². The number of piperidine rings is 2. The third-order valence-corrected chi connectivity index (χ3v) is 6.65. The van der Waals surface area contributed by atoms with Gasteiger partial charge in [-0.25, -0.2) is 0 Å². The maximum atomic E-state index is 13.0. The van der Waals surface area contributed by atoms with Crippen molar-refractivity contribution in [2.75, 3.05) is 26.2 Å². The highest BCUT2D eigenvalue weighted by molar-refractivity contribution is 6.23. The fraction of sp³-hybridized carbons (Fsp3) is 0.524. The summed E-state index contributed by atoms with van der Waals surface area (Å²) in [7, 11) is 0. The van der Waals surface area contributed by atoms with Crippen LogP contribution in [0.15, 0.2) is 18.2 Å². The Hall–Kier alpha value is -2.58. The van der Waals surface area contributed by atoms with Gasteiger partial charge in [-0.15, -0.1) is 0 Å². The van der Waals surface area contributed by atoms with Crippen molar-refractivity contribution in [2.45, 2.75) is 38.3 Å². The van der Waals surface area contributed by atoms with Gasteiger partial charge in [0.2, 0.25) is 11.8 Å². The lowest BCUT2D eigenvalue weighted by Gasteiger charge is -2.49. The van der Waals surface area contributed by atoms with Gasteiger partial charge in [-0.1, -0.05) is 6.07 Å². The first-order valence-corrected chi connectivity index (χ1v) is 10.2. The Labute approximate surface area is 168 Å². The normalized spacial score (nSPS) is 26.5. The van der Waals surface area contributed by atoms with E-state index in [-0.39, 0.29) is 18.7 Å². The van der Waals surface area contributed by atoms with Crippen molar-refractivity contribution < 1.29 is 19.2 Å². The molecule has 3 saturated heterocycles. The summed E-state index contributed by atoms with van der Waals surface area (Å²) in [6.45, 7) is 4.97. The van der Waals surface area contributed by atoms with Crippen molar-refractivity contribution in [3.05, 3.63) is 34.9 Å². The average Bonchev–Trinajstić information content (AvgIpc) is 2.91. The number of benzene rings is 1. The molecule has 1 atom stereocenters. The molecule has 4 heterocycles. The number of hydrogen-bond donors (Lipinski definition) is 2. The summed E-state index contributed by atoms with van der Waals surface area (Å²) in [4.78, 5) is 52.7. The van der Waals surface area contributed by atoms with E-state index >= 15 is 0 Å². The molecule has 5 rings (SSSR count). The number of imide groups is 2. The van der Waals surface area contributed by atoms with E-state index in [1.807, 2.05) is 6.07 Å². The molecule has 1 unspecified atom stereocenters. The van der Waals surface area contributed by atoms with Crippen LogP contribution in [0.2, 0.25) is 0 Å². The SMILES string of the molecule is O=C1CCC(N2C(=O)c3ccc(CN4CCCC5(CNC5)C4)cc3C2=O)C(=O)N1. The molecule has 8 heteroatoms. The molecule has 0 bridgehead atoms. The monoisotopic (exact) mass is 396 g/mol. The van der Waals surface area contributed by atoms with E-state index in [0.29, 0.717) is 16.5 Å². The molecule has 0 aromatic heterocycles. The van der Waals surface area contributed by atoms with Gasteiger partial charge in [0.05, 0.1) is 11.1 Å². The van der Waals surface area contributed by atoms with E-state index in [1.165, 1.54) is 12.8 Å². The summed E-state index contributed by atoms with van der Waals surface area (Å²) < 4.78 is 0. The maximum Gasteiger partial charge on any atom is 0.262 e. The van der Waals surface area contributed by atoms with Gasteiger partial charge < -0.3 is 5.32 Å². The summed E-state index contributed by atoms with van der Waals surface area (Å²) in [6.07, 6.45) is 2.73. The molecule has 1 aromatic carbocycles. The number of rotatable bonds is 3. The van der Waals surface area contributed by atoms with E-state index in [1.54, 1.807) is 12.1 Å². The second kappa shape index (κ2) is 6.74. The molecular formula is C21H24N4O4. The van der Waals surface area contributed by atoms with E-state index in [0.717, 1.165) is 43.2 Å². The summed E-state index contributed by atoms with van der Waals surface area (Å²) >= 11 is 0. The minimum absolute atomic E-state index is 0.126. The highest BCUT2D eigenvalue weighted by atomic mass is 16.2. The number of amides is 4. The molecule has 152 valence electrons. The van der Waals surface area contributed by atoms with Crippen LogP contribution in [0, 0.1) is 5.41 Å². The van der Waals surface area contributed by atoms with Crippen LogP contribution in [-0.4, -0.2) is 65.6 Å².